The van der Waals surface area contributed by atoms with Crippen LogP contribution in [0.1, 0.15) is 31.4 Å². The van der Waals surface area contributed by atoms with E-state index in [0.29, 0.717) is 13.0 Å². The maximum atomic E-state index is 12.7. The van der Waals surface area contributed by atoms with Gasteiger partial charge in [0, 0.05) is 18.3 Å². The zero-order valence-electron chi connectivity index (χ0n) is 14.6. The van der Waals surface area contributed by atoms with Gasteiger partial charge < -0.3 is 14.9 Å². The van der Waals surface area contributed by atoms with Gasteiger partial charge in [-0.25, -0.2) is 0 Å². The van der Waals surface area contributed by atoms with Crippen LogP contribution in [0.2, 0.25) is 0 Å². The highest BCUT2D eigenvalue weighted by molar-refractivity contribution is 6.10. The van der Waals surface area contributed by atoms with E-state index in [-0.39, 0.29) is 18.5 Å². The van der Waals surface area contributed by atoms with Crippen LogP contribution in [-0.4, -0.2) is 46.9 Å². The number of benzene rings is 1. The number of hydrogen-bond donors (Lipinski definition) is 1. The number of carboxylic acids is 1. The molecular weight excluding hydrogens is 308 g/mol. The van der Waals surface area contributed by atoms with Crippen molar-refractivity contribution < 1.29 is 19.5 Å². The number of carbonyl (C=O) groups is 3. The van der Waals surface area contributed by atoms with E-state index in [1.807, 2.05) is 32.0 Å². The van der Waals surface area contributed by atoms with Gasteiger partial charge in [0.1, 0.15) is 12.5 Å². The van der Waals surface area contributed by atoms with Gasteiger partial charge in [-0.2, -0.15) is 0 Å². The van der Waals surface area contributed by atoms with Crippen LogP contribution in [0.15, 0.2) is 18.2 Å². The summed E-state index contributed by atoms with van der Waals surface area (Å²) in [6.45, 7) is 7.52. The molecule has 0 bridgehead atoms. The number of aryl methyl sites for hydroxylation is 2. The summed E-state index contributed by atoms with van der Waals surface area (Å²) in [5.41, 5.74) is 2.91. The van der Waals surface area contributed by atoms with Crippen molar-refractivity contribution in [1.82, 2.24) is 4.90 Å². The quantitative estimate of drug-likeness (QED) is 0.836. The first kappa shape index (κ1) is 18.0. The number of aliphatic carboxylic acids is 1. The highest BCUT2D eigenvalue weighted by Gasteiger charge is 2.40. The first-order valence-electron chi connectivity index (χ1n) is 8.12. The van der Waals surface area contributed by atoms with Crippen molar-refractivity contribution in [1.29, 1.82) is 0 Å². The summed E-state index contributed by atoms with van der Waals surface area (Å²) in [4.78, 5) is 39.2. The Hall–Kier alpha value is -2.37. The molecule has 1 fully saturated rings. The molecule has 1 unspecified atom stereocenters. The molecule has 1 heterocycles. The fourth-order valence-electron chi connectivity index (χ4n) is 3.13. The summed E-state index contributed by atoms with van der Waals surface area (Å²) in [7, 11) is 0. The van der Waals surface area contributed by atoms with Crippen molar-refractivity contribution in [3.05, 3.63) is 29.3 Å². The van der Waals surface area contributed by atoms with Crippen LogP contribution < -0.4 is 4.90 Å². The van der Waals surface area contributed by atoms with Crippen molar-refractivity contribution in [3.8, 4) is 0 Å². The van der Waals surface area contributed by atoms with Gasteiger partial charge in [-0.15, -0.1) is 0 Å². The SMILES string of the molecule is Cc1cc(C)cc(N2CCC(C(=O)N(CC(=O)O)C(C)C)C2=O)c1. The molecule has 0 aliphatic carbocycles. The number of nitrogens with zero attached hydrogens (tertiary/aromatic N) is 2. The number of amides is 2. The smallest absolute Gasteiger partial charge is 0.323 e. The Bertz CT molecular complexity index is 649. The molecule has 1 atom stereocenters. The zero-order chi connectivity index (χ0) is 18.0. The molecule has 1 aromatic carbocycles. The lowest BCUT2D eigenvalue weighted by atomic mass is 10.1. The second-order valence-electron chi connectivity index (χ2n) is 6.63. The summed E-state index contributed by atoms with van der Waals surface area (Å²) in [6.07, 6.45) is 0.410. The van der Waals surface area contributed by atoms with Crippen molar-refractivity contribution >= 4 is 23.5 Å². The predicted octanol–water partition coefficient (Wildman–Crippen LogP) is 1.98. The van der Waals surface area contributed by atoms with E-state index in [4.69, 9.17) is 5.11 Å². The van der Waals surface area contributed by atoms with Gasteiger partial charge in [0.15, 0.2) is 0 Å². The average Bonchev–Trinajstić information content (AvgIpc) is 2.84. The lowest BCUT2D eigenvalue weighted by Gasteiger charge is -2.27. The normalized spacial score (nSPS) is 17.5. The van der Waals surface area contributed by atoms with E-state index in [9.17, 15) is 14.4 Å². The van der Waals surface area contributed by atoms with Crippen LogP contribution in [0.25, 0.3) is 0 Å². The molecule has 6 heteroatoms. The predicted molar refractivity (Wildman–Crippen MR) is 90.9 cm³/mol. The fourth-order valence-corrected chi connectivity index (χ4v) is 3.13. The number of carboxylic acid groups (broad SMARTS) is 1. The van der Waals surface area contributed by atoms with Crippen LogP contribution >= 0.6 is 0 Å². The Morgan fingerprint density at radius 1 is 1.25 bits per heavy atom. The molecule has 24 heavy (non-hydrogen) atoms. The highest BCUT2D eigenvalue weighted by atomic mass is 16.4. The molecule has 6 nitrogen and oxygen atoms in total. The van der Waals surface area contributed by atoms with Crippen LogP contribution in [0, 0.1) is 19.8 Å². The van der Waals surface area contributed by atoms with Crippen molar-refractivity contribution in [3.63, 3.8) is 0 Å². The van der Waals surface area contributed by atoms with Crippen molar-refractivity contribution in [2.75, 3.05) is 18.0 Å². The van der Waals surface area contributed by atoms with Gasteiger partial charge in [0.25, 0.3) is 0 Å². The molecule has 0 spiro atoms. The van der Waals surface area contributed by atoms with E-state index in [2.05, 4.69) is 0 Å². The minimum Gasteiger partial charge on any atom is -0.480 e. The maximum Gasteiger partial charge on any atom is 0.323 e. The van der Waals surface area contributed by atoms with Crippen LogP contribution in [0.3, 0.4) is 0 Å². The average molecular weight is 332 g/mol. The number of hydrogen-bond acceptors (Lipinski definition) is 3. The molecule has 1 saturated heterocycles. The minimum atomic E-state index is -1.08. The van der Waals surface area contributed by atoms with Gasteiger partial charge in [-0.1, -0.05) is 6.07 Å². The van der Waals surface area contributed by atoms with Gasteiger partial charge in [0.2, 0.25) is 11.8 Å². The number of carbonyl (C=O) groups excluding carboxylic acids is 2. The maximum absolute atomic E-state index is 12.7. The minimum absolute atomic E-state index is 0.249. The second kappa shape index (κ2) is 7.03. The fraction of sp³-hybridized carbons (Fsp3) is 0.500. The molecule has 1 aromatic rings. The van der Waals surface area contributed by atoms with Crippen molar-refractivity contribution in [2.45, 2.75) is 40.2 Å². The van der Waals surface area contributed by atoms with E-state index >= 15 is 0 Å². The molecule has 2 amide bonds. The van der Waals surface area contributed by atoms with Gasteiger partial charge in [0.05, 0.1) is 0 Å². The molecule has 2 rings (SSSR count). The van der Waals surface area contributed by atoms with Gasteiger partial charge in [-0.05, 0) is 57.4 Å². The van der Waals surface area contributed by atoms with E-state index in [1.165, 1.54) is 4.90 Å². The zero-order valence-corrected chi connectivity index (χ0v) is 14.6. The number of rotatable bonds is 5. The first-order valence-corrected chi connectivity index (χ1v) is 8.12. The molecule has 1 aliphatic heterocycles. The summed E-state index contributed by atoms with van der Waals surface area (Å²) < 4.78 is 0. The third kappa shape index (κ3) is 3.75. The third-order valence-corrected chi connectivity index (χ3v) is 4.23. The monoisotopic (exact) mass is 332 g/mol. The van der Waals surface area contributed by atoms with E-state index in [0.717, 1.165) is 16.8 Å². The molecule has 1 N–H and O–H groups in total. The van der Waals surface area contributed by atoms with Crippen LogP contribution in [0.5, 0.6) is 0 Å². The highest BCUT2D eigenvalue weighted by Crippen LogP contribution is 2.28. The molecule has 0 aromatic heterocycles. The lowest BCUT2D eigenvalue weighted by Crippen LogP contribution is -2.46. The Morgan fingerprint density at radius 3 is 2.33 bits per heavy atom. The summed E-state index contributed by atoms with van der Waals surface area (Å²) in [5.74, 6) is -2.52. The Labute approximate surface area is 142 Å². The first-order chi connectivity index (χ1) is 11.2. The van der Waals surface area contributed by atoms with Crippen LogP contribution in [-0.2, 0) is 14.4 Å². The summed E-state index contributed by atoms with van der Waals surface area (Å²) in [5, 5.41) is 8.99. The Balaban J connectivity index is 2.21. The standard InChI is InChI=1S/C18H24N2O4/c1-11(2)20(10-16(21)22)18(24)15-5-6-19(17(15)23)14-8-12(3)7-13(4)9-14/h7-9,11,15H,5-6,10H2,1-4H3,(H,21,22). The van der Waals surface area contributed by atoms with Gasteiger partial charge >= 0.3 is 5.97 Å². The lowest BCUT2D eigenvalue weighted by molar-refractivity contribution is -0.149. The van der Waals surface area contributed by atoms with E-state index in [1.54, 1.807) is 18.7 Å². The molecule has 0 radical (unpaired) electrons. The Morgan fingerprint density at radius 2 is 1.83 bits per heavy atom. The third-order valence-electron chi connectivity index (χ3n) is 4.23. The molecule has 0 saturated carbocycles. The van der Waals surface area contributed by atoms with Crippen LogP contribution in [0.4, 0.5) is 5.69 Å². The van der Waals surface area contributed by atoms with Gasteiger partial charge in [-0.3, -0.25) is 14.4 Å². The largest absolute Gasteiger partial charge is 0.480 e. The molecule has 1 aliphatic rings. The number of anilines is 1. The van der Waals surface area contributed by atoms with E-state index < -0.39 is 17.8 Å². The van der Waals surface area contributed by atoms with Crippen molar-refractivity contribution in [2.24, 2.45) is 5.92 Å². The molecule has 130 valence electrons. The summed E-state index contributed by atoms with van der Waals surface area (Å²) in [6, 6.07) is 5.61. The summed E-state index contributed by atoms with van der Waals surface area (Å²) >= 11 is 0. The second-order valence-corrected chi connectivity index (χ2v) is 6.63. The Kier molecular flexibility index (Phi) is 5.26. The molecular formula is C18H24N2O4. The topological polar surface area (TPSA) is 77.9 Å².